The number of carbonyl (C=O) groups excluding carboxylic acids is 1. The van der Waals surface area contributed by atoms with E-state index in [4.69, 9.17) is 4.98 Å². The topological polar surface area (TPSA) is 125 Å². The van der Waals surface area contributed by atoms with Crippen LogP contribution in [0.5, 0.6) is 0 Å². The molecule has 7 rings (SSSR count). The van der Waals surface area contributed by atoms with E-state index in [1.807, 2.05) is 42.6 Å². The third-order valence-corrected chi connectivity index (χ3v) is 7.66. The van der Waals surface area contributed by atoms with Gasteiger partial charge in [-0.25, -0.2) is 4.98 Å². The molecule has 6 heterocycles. The number of H-pyrrole nitrogens is 2. The Kier molecular flexibility index (Phi) is 6.24. The van der Waals surface area contributed by atoms with Gasteiger partial charge in [-0.2, -0.15) is 5.10 Å². The second-order valence-electron chi connectivity index (χ2n) is 10.4. The Balaban J connectivity index is 1.19. The van der Waals surface area contributed by atoms with Crippen LogP contribution in [0.15, 0.2) is 73.4 Å². The largest absolute Gasteiger partial charge is 0.353 e. The van der Waals surface area contributed by atoms with Crippen molar-refractivity contribution in [2.45, 2.75) is 38.5 Å². The molecule has 1 amide bonds. The molecular formula is C31H28N8O. The molecule has 1 saturated carbocycles. The Hall–Kier alpha value is -4.92. The normalized spacial score (nSPS) is 14.1. The van der Waals surface area contributed by atoms with Gasteiger partial charge in [-0.05, 0) is 61.2 Å². The molecule has 0 aliphatic heterocycles. The number of pyridine rings is 4. The fourth-order valence-corrected chi connectivity index (χ4v) is 5.68. The van der Waals surface area contributed by atoms with E-state index in [9.17, 15) is 4.79 Å². The maximum absolute atomic E-state index is 12.7. The number of aromatic amines is 2. The quantitative estimate of drug-likeness (QED) is 0.226. The van der Waals surface area contributed by atoms with Gasteiger partial charge in [-0.3, -0.25) is 24.8 Å². The fraction of sp³-hybridized carbons (Fsp3) is 0.226. The number of aromatic nitrogens is 7. The van der Waals surface area contributed by atoms with Crippen LogP contribution in [0, 0.1) is 5.92 Å². The van der Waals surface area contributed by atoms with E-state index in [2.05, 4.69) is 41.5 Å². The van der Waals surface area contributed by atoms with Crippen LogP contribution in [-0.4, -0.2) is 41.0 Å². The Labute approximate surface area is 230 Å². The van der Waals surface area contributed by atoms with Gasteiger partial charge in [0.2, 0.25) is 5.91 Å². The van der Waals surface area contributed by atoms with E-state index >= 15 is 0 Å². The zero-order valence-electron chi connectivity index (χ0n) is 21.9. The standard InChI is InChI=1S/C31H28N8O/c40-28(13-19-5-2-1-3-6-19)35-22-14-21(17-33-18-22)24-8-9-26-30(37-24)31(39-38-26)27-15-23-25(36-27)10-12-34-29(23)20-7-4-11-32-16-20/h4,7-12,14-19,36H,1-3,5-6,13H2,(H,35,40)(H,38,39). The van der Waals surface area contributed by atoms with E-state index in [1.165, 1.54) is 19.3 Å². The van der Waals surface area contributed by atoms with E-state index in [1.54, 1.807) is 24.8 Å². The average molecular weight is 529 g/mol. The van der Waals surface area contributed by atoms with Gasteiger partial charge in [-0.1, -0.05) is 19.3 Å². The molecular weight excluding hydrogens is 500 g/mol. The smallest absolute Gasteiger partial charge is 0.224 e. The SMILES string of the molecule is O=C(CC1CCCCC1)Nc1cncc(-c2ccc3[nH]nc(-c4cc5c(-c6cccnc6)nccc5[nH]4)c3n2)c1. The lowest BCUT2D eigenvalue weighted by Crippen LogP contribution is -2.18. The summed E-state index contributed by atoms with van der Waals surface area (Å²) < 4.78 is 0. The van der Waals surface area contributed by atoms with Crippen molar-refractivity contribution in [1.82, 2.24) is 35.1 Å². The van der Waals surface area contributed by atoms with Gasteiger partial charge in [0.15, 0.2) is 0 Å². The van der Waals surface area contributed by atoms with Crippen molar-refractivity contribution in [3.8, 4) is 33.9 Å². The monoisotopic (exact) mass is 528 g/mol. The maximum Gasteiger partial charge on any atom is 0.224 e. The van der Waals surface area contributed by atoms with E-state index < -0.39 is 0 Å². The highest BCUT2D eigenvalue weighted by atomic mass is 16.1. The summed E-state index contributed by atoms with van der Waals surface area (Å²) in [6.07, 6.45) is 15.4. The summed E-state index contributed by atoms with van der Waals surface area (Å²) in [5.74, 6) is 0.527. The number of amides is 1. The summed E-state index contributed by atoms with van der Waals surface area (Å²) in [6.45, 7) is 0. The molecule has 3 N–H and O–H groups in total. The fourth-order valence-electron chi connectivity index (χ4n) is 5.68. The Morgan fingerprint density at radius 1 is 0.900 bits per heavy atom. The first-order valence-electron chi connectivity index (χ1n) is 13.7. The Bertz CT molecular complexity index is 1820. The second-order valence-corrected chi connectivity index (χ2v) is 10.4. The Morgan fingerprint density at radius 3 is 2.67 bits per heavy atom. The van der Waals surface area contributed by atoms with Crippen LogP contribution in [0.3, 0.4) is 0 Å². The highest BCUT2D eigenvalue weighted by molar-refractivity contribution is 5.99. The molecule has 9 nitrogen and oxygen atoms in total. The minimum absolute atomic E-state index is 0.0466. The molecule has 40 heavy (non-hydrogen) atoms. The maximum atomic E-state index is 12.7. The van der Waals surface area contributed by atoms with Crippen LogP contribution in [0.25, 0.3) is 55.8 Å². The predicted octanol–water partition coefficient (Wildman–Crippen LogP) is 6.53. The van der Waals surface area contributed by atoms with Crippen LogP contribution in [-0.2, 0) is 4.79 Å². The summed E-state index contributed by atoms with van der Waals surface area (Å²) in [5.41, 5.74) is 8.14. The lowest BCUT2D eigenvalue weighted by Gasteiger charge is -2.20. The first kappa shape index (κ1) is 24.1. The van der Waals surface area contributed by atoms with Gasteiger partial charge in [0.05, 0.1) is 34.5 Å². The molecule has 0 radical (unpaired) electrons. The van der Waals surface area contributed by atoms with Crippen LogP contribution in [0.2, 0.25) is 0 Å². The molecule has 0 bridgehead atoms. The number of hydrogen-bond acceptors (Lipinski definition) is 6. The molecule has 6 aromatic heterocycles. The van der Waals surface area contributed by atoms with Gasteiger partial charge in [0.25, 0.3) is 0 Å². The highest BCUT2D eigenvalue weighted by Gasteiger charge is 2.18. The van der Waals surface area contributed by atoms with Crippen molar-refractivity contribution in [2.24, 2.45) is 5.92 Å². The number of anilines is 1. The summed E-state index contributed by atoms with van der Waals surface area (Å²) in [4.78, 5) is 34.4. The number of nitrogens with one attached hydrogen (secondary N) is 3. The molecule has 0 aromatic carbocycles. The molecule has 6 aromatic rings. The summed E-state index contributed by atoms with van der Waals surface area (Å²) in [7, 11) is 0. The van der Waals surface area contributed by atoms with E-state index in [0.29, 0.717) is 18.0 Å². The van der Waals surface area contributed by atoms with E-state index in [-0.39, 0.29) is 5.91 Å². The highest BCUT2D eigenvalue weighted by Crippen LogP contribution is 2.33. The molecule has 0 unspecified atom stereocenters. The van der Waals surface area contributed by atoms with Crippen LogP contribution < -0.4 is 5.32 Å². The molecule has 1 aliphatic carbocycles. The van der Waals surface area contributed by atoms with Crippen molar-refractivity contribution < 1.29 is 4.79 Å². The summed E-state index contributed by atoms with van der Waals surface area (Å²) >= 11 is 0. The van der Waals surface area contributed by atoms with E-state index in [0.717, 1.165) is 68.7 Å². The molecule has 0 atom stereocenters. The first-order chi connectivity index (χ1) is 19.7. The molecule has 9 heteroatoms. The predicted molar refractivity (Wildman–Crippen MR) is 155 cm³/mol. The minimum Gasteiger partial charge on any atom is -0.353 e. The van der Waals surface area contributed by atoms with Gasteiger partial charge < -0.3 is 10.3 Å². The third kappa shape index (κ3) is 4.70. The molecule has 1 aliphatic rings. The van der Waals surface area contributed by atoms with Crippen molar-refractivity contribution in [2.75, 3.05) is 5.32 Å². The zero-order valence-corrected chi connectivity index (χ0v) is 21.9. The van der Waals surface area contributed by atoms with Gasteiger partial charge in [0, 0.05) is 53.2 Å². The molecule has 198 valence electrons. The van der Waals surface area contributed by atoms with Crippen LogP contribution in [0.1, 0.15) is 38.5 Å². The lowest BCUT2D eigenvalue weighted by atomic mass is 9.87. The first-order valence-corrected chi connectivity index (χ1v) is 13.7. The van der Waals surface area contributed by atoms with Crippen molar-refractivity contribution >= 4 is 33.5 Å². The van der Waals surface area contributed by atoms with Gasteiger partial charge >= 0.3 is 0 Å². The third-order valence-electron chi connectivity index (χ3n) is 7.66. The van der Waals surface area contributed by atoms with Crippen molar-refractivity contribution in [1.29, 1.82) is 0 Å². The number of carbonyl (C=O) groups is 1. The molecule has 0 spiro atoms. The number of nitrogens with zero attached hydrogens (tertiary/aromatic N) is 5. The molecule has 0 saturated heterocycles. The van der Waals surface area contributed by atoms with Gasteiger partial charge in [0.1, 0.15) is 11.2 Å². The number of hydrogen-bond donors (Lipinski definition) is 3. The molecule has 1 fully saturated rings. The minimum atomic E-state index is 0.0466. The summed E-state index contributed by atoms with van der Waals surface area (Å²) in [6, 6.07) is 13.7. The zero-order chi connectivity index (χ0) is 26.9. The van der Waals surface area contributed by atoms with Gasteiger partial charge in [-0.15, -0.1) is 0 Å². The lowest BCUT2D eigenvalue weighted by molar-refractivity contribution is -0.117. The van der Waals surface area contributed by atoms with Crippen molar-refractivity contribution in [3.63, 3.8) is 0 Å². The number of rotatable bonds is 6. The van der Waals surface area contributed by atoms with Crippen molar-refractivity contribution in [3.05, 3.63) is 73.4 Å². The Morgan fingerprint density at radius 2 is 1.80 bits per heavy atom. The number of fused-ring (bicyclic) bond motifs is 2. The average Bonchev–Trinajstić information content (AvgIpc) is 3.62. The summed E-state index contributed by atoms with van der Waals surface area (Å²) in [5, 5.41) is 11.7. The van der Waals surface area contributed by atoms with Crippen LogP contribution in [0.4, 0.5) is 5.69 Å². The second kappa shape index (κ2) is 10.3. The van der Waals surface area contributed by atoms with Crippen LogP contribution >= 0.6 is 0 Å².